The molecule has 0 radical (unpaired) electrons. The van der Waals surface area contributed by atoms with Gasteiger partial charge in [0, 0.05) is 41.8 Å². The van der Waals surface area contributed by atoms with E-state index in [9.17, 15) is 67.7 Å². The summed E-state index contributed by atoms with van der Waals surface area (Å²) in [6, 6.07) is 0.628. The lowest BCUT2D eigenvalue weighted by atomic mass is 9.94. The van der Waals surface area contributed by atoms with E-state index >= 15 is 0 Å². The summed E-state index contributed by atoms with van der Waals surface area (Å²) in [5.74, 6) is -11.6. The van der Waals surface area contributed by atoms with Gasteiger partial charge in [-0.25, -0.2) is 9.78 Å². The van der Waals surface area contributed by atoms with Crippen LogP contribution in [0, 0.1) is 17.8 Å². The van der Waals surface area contributed by atoms with Crippen LogP contribution in [-0.4, -0.2) is 195 Å². The number of H-pyrrole nitrogens is 2. The number of nitrogens with one attached hydrogen (secondary N) is 13. The van der Waals surface area contributed by atoms with Gasteiger partial charge in [-0.3, -0.25) is 52.7 Å². The van der Waals surface area contributed by atoms with Crippen molar-refractivity contribution < 1.29 is 67.7 Å². The standard InChI is InChI=1S/C71H112N18O14/c1-9-40(4)57(68(99)80-43(7)60(91)79-44(8)61(92)86-56(38-90)67(98)84-55(35-47-37-76-39-78-47)66(97)81-51(27-17-20-30-72)63(94)83-53(71(102)103)29-19-22-32-74)88-64(95)52(28-18-21-31-73)82-65(96)54(33-45-23-13-12-14-24-45)85-69(100)58(41(5)10-2)89-70(101)59(42(6)11-3)87-62(93)49(75)34-46-36-77-50-26-16-15-25-48(46)50/h12-16,23-26,36-37,39-44,49,51-59,77,90H,9-11,17-22,27-35,38,72-75H2,1-8H3,(H,76,78)(H,79,91)(H,80,99)(H,81,97)(H,82,96)(H,83,94)(H,84,98)(H,85,100)(H,86,92)(H,87,93)(H,88,95)(H,89,101)(H,102,103)/t40-,41-,42-,43-,44-,49-,51-,52-,53-,54-,55-,56-,57-,58-,59-/m0/s1. The minimum atomic E-state index is -1.71. The monoisotopic (exact) mass is 1440 g/mol. The minimum absolute atomic E-state index is 0.0408. The third kappa shape index (κ3) is 28.1. The fourth-order valence-corrected chi connectivity index (χ4v) is 11.3. The number of aliphatic hydroxyl groups is 1. The first-order chi connectivity index (χ1) is 49.1. The molecule has 11 amide bonds. The Morgan fingerprint density at radius 2 is 0.835 bits per heavy atom. The topological polar surface area (TPSA) is 526 Å². The van der Waals surface area contributed by atoms with E-state index in [4.69, 9.17) is 22.9 Å². The zero-order valence-electron chi connectivity index (χ0n) is 60.6. The number of benzene rings is 2. The van der Waals surface area contributed by atoms with Crippen molar-refractivity contribution in [2.45, 2.75) is 224 Å². The van der Waals surface area contributed by atoms with Crippen molar-refractivity contribution in [3.05, 3.63) is 90.1 Å². The summed E-state index contributed by atoms with van der Waals surface area (Å²) in [6.07, 6.45) is 8.34. The molecule has 15 atom stereocenters. The van der Waals surface area contributed by atoms with Crippen LogP contribution in [0.4, 0.5) is 0 Å². The fraction of sp³-hybridized carbons (Fsp3) is 0.592. The van der Waals surface area contributed by atoms with Crippen LogP contribution in [0.25, 0.3) is 10.9 Å². The van der Waals surface area contributed by atoms with Gasteiger partial charge in [-0.2, -0.15) is 0 Å². The van der Waals surface area contributed by atoms with Crippen LogP contribution in [0.5, 0.6) is 0 Å². The first-order valence-corrected chi connectivity index (χ1v) is 35.7. The Morgan fingerprint density at radius 1 is 0.437 bits per heavy atom. The Morgan fingerprint density at radius 3 is 1.34 bits per heavy atom. The van der Waals surface area contributed by atoms with Gasteiger partial charge in [-0.05, 0) is 133 Å². The number of carbonyl (C=O) groups is 12. The van der Waals surface area contributed by atoms with Gasteiger partial charge >= 0.3 is 5.97 Å². The molecule has 23 N–H and O–H groups in total. The highest BCUT2D eigenvalue weighted by atomic mass is 16.4. The molecule has 2 heterocycles. The van der Waals surface area contributed by atoms with Crippen LogP contribution in [0.15, 0.2) is 73.3 Å². The van der Waals surface area contributed by atoms with E-state index in [2.05, 4.69) is 73.4 Å². The number of nitrogens with zero attached hydrogens (tertiary/aromatic N) is 1. The van der Waals surface area contributed by atoms with Crippen LogP contribution < -0.4 is 81.4 Å². The van der Waals surface area contributed by atoms with Gasteiger partial charge in [0.2, 0.25) is 65.0 Å². The van der Waals surface area contributed by atoms with Crippen molar-refractivity contribution >= 4 is 81.9 Å². The third-order valence-corrected chi connectivity index (χ3v) is 18.4. The lowest BCUT2D eigenvalue weighted by Crippen LogP contribution is -2.62. The van der Waals surface area contributed by atoms with E-state index < -0.39 is 168 Å². The number of carboxylic acids is 1. The average molecular weight is 1440 g/mol. The number of hydrogen-bond donors (Lipinski definition) is 19. The van der Waals surface area contributed by atoms with Crippen molar-refractivity contribution in [2.24, 2.45) is 40.7 Å². The van der Waals surface area contributed by atoms with Gasteiger partial charge in [0.05, 0.1) is 19.0 Å². The number of fused-ring (bicyclic) bond motifs is 1. The fourth-order valence-electron chi connectivity index (χ4n) is 11.3. The van der Waals surface area contributed by atoms with Crippen molar-refractivity contribution in [1.29, 1.82) is 0 Å². The highest BCUT2D eigenvalue weighted by molar-refractivity contribution is 5.99. The first-order valence-electron chi connectivity index (χ1n) is 35.7. The van der Waals surface area contributed by atoms with Crippen molar-refractivity contribution in [3.63, 3.8) is 0 Å². The maximum atomic E-state index is 14.8. The molecule has 0 aliphatic heterocycles. The van der Waals surface area contributed by atoms with Gasteiger partial charge in [-0.15, -0.1) is 0 Å². The number of carboxylic acid groups (broad SMARTS) is 1. The van der Waals surface area contributed by atoms with Gasteiger partial charge < -0.3 is 102 Å². The number of amides is 11. The molecule has 2 aromatic carbocycles. The molecule has 0 aliphatic carbocycles. The maximum Gasteiger partial charge on any atom is 0.326 e. The minimum Gasteiger partial charge on any atom is -0.480 e. The molecule has 0 saturated heterocycles. The SMILES string of the molecule is CC[C@H](C)[C@H](NC(=O)[C@H](CCCCN)NC(=O)[C@H](Cc1ccccc1)NC(=O)[C@@H](NC(=O)[C@@H](NC(=O)[C@@H](N)Cc1c[nH]c2ccccc12)[C@@H](C)CC)[C@@H](C)CC)C(=O)N[C@@H](C)C(=O)N[C@@H](C)C(=O)N[C@@H](CO)C(=O)N[C@@H](Cc1cnc[nH]1)C(=O)N[C@@H](CCCCN)C(=O)N[C@@H](CCCCN)C(=O)O. The summed E-state index contributed by atoms with van der Waals surface area (Å²) in [7, 11) is 0. The highest BCUT2D eigenvalue weighted by Crippen LogP contribution is 2.21. The number of nitrogens with two attached hydrogens (primary N) is 4. The number of carbonyl (C=O) groups excluding carboxylic acids is 11. The largest absolute Gasteiger partial charge is 0.480 e. The normalized spacial score (nSPS) is 15.7. The average Bonchev–Trinajstić information content (AvgIpc) is 1.81. The molecule has 4 rings (SSSR count). The Hall–Kier alpha value is -9.37. The van der Waals surface area contributed by atoms with Crippen molar-refractivity contribution in [2.75, 3.05) is 26.2 Å². The number of para-hydroxylation sites is 1. The molecule has 103 heavy (non-hydrogen) atoms. The van der Waals surface area contributed by atoms with Gasteiger partial charge in [0.25, 0.3) is 0 Å². The molecule has 0 unspecified atom stereocenters. The summed E-state index contributed by atoms with van der Waals surface area (Å²) < 4.78 is 0. The van der Waals surface area contributed by atoms with Crippen LogP contribution >= 0.6 is 0 Å². The molecule has 0 saturated carbocycles. The van der Waals surface area contributed by atoms with E-state index in [-0.39, 0.29) is 51.6 Å². The highest BCUT2D eigenvalue weighted by Gasteiger charge is 2.38. The number of aliphatic hydroxyl groups excluding tert-OH is 1. The van der Waals surface area contributed by atoms with Crippen LogP contribution in [-0.2, 0) is 76.8 Å². The number of aromatic nitrogens is 3. The lowest BCUT2D eigenvalue weighted by Gasteiger charge is -2.31. The maximum absolute atomic E-state index is 14.8. The Labute approximate surface area is 602 Å². The second-order valence-electron chi connectivity index (χ2n) is 26.5. The smallest absolute Gasteiger partial charge is 0.326 e. The predicted octanol–water partition coefficient (Wildman–Crippen LogP) is -0.779. The molecule has 570 valence electrons. The quantitative estimate of drug-likeness (QED) is 0.0241. The van der Waals surface area contributed by atoms with Crippen molar-refractivity contribution in [1.82, 2.24) is 73.4 Å². The second kappa shape index (κ2) is 44.9. The summed E-state index contributed by atoms with van der Waals surface area (Å²) in [5, 5.41) is 50.2. The molecule has 2 aromatic heterocycles. The summed E-state index contributed by atoms with van der Waals surface area (Å²) >= 11 is 0. The van der Waals surface area contributed by atoms with E-state index in [1.807, 2.05) is 38.1 Å². The van der Waals surface area contributed by atoms with Gasteiger partial charge in [0.1, 0.15) is 66.5 Å². The van der Waals surface area contributed by atoms with E-state index in [0.29, 0.717) is 75.6 Å². The van der Waals surface area contributed by atoms with Gasteiger partial charge in [-0.1, -0.05) is 109 Å². The molecule has 0 spiro atoms. The first kappa shape index (κ1) is 86.0. The molecule has 32 heteroatoms. The second-order valence-corrected chi connectivity index (χ2v) is 26.5. The Kier molecular flexibility index (Phi) is 37.5. The Balaban J connectivity index is 1.47. The van der Waals surface area contributed by atoms with Crippen LogP contribution in [0.3, 0.4) is 0 Å². The van der Waals surface area contributed by atoms with Crippen molar-refractivity contribution in [3.8, 4) is 0 Å². The van der Waals surface area contributed by atoms with E-state index in [1.54, 1.807) is 64.2 Å². The number of aliphatic carboxylic acids is 1. The van der Waals surface area contributed by atoms with E-state index in [1.165, 1.54) is 26.4 Å². The van der Waals surface area contributed by atoms with Crippen LogP contribution in [0.2, 0.25) is 0 Å². The lowest BCUT2D eigenvalue weighted by molar-refractivity contribution is -0.142. The molecule has 0 fully saturated rings. The molecular weight excluding hydrogens is 1330 g/mol. The number of hydrogen-bond acceptors (Lipinski definition) is 18. The summed E-state index contributed by atoms with van der Waals surface area (Å²) in [6.45, 7) is 13.1. The Bertz CT molecular complexity index is 3380. The van der Waals surface area contributed by atoms with Crippen LogP contribution in [0.1, 0.15) is 149 Å². The summed E-state index contributed by atoms with van der Waals surface area (Å²) in [5.41, 5.74) is 26.3. The third-order valence-electron chi connectivity index (χ3n) is 18.4. The van der Waals surface area contributed by atoms with Gasteiger partial charge in [0.15, 0.2) is 0 Å². The molecule has 0 aliphatic rings. The number of aromatic amines is 2. The molecule has 0 bridgehead atoms. The number of rotatable bonds is 48. The predicted molar refractivity (Wildman–Crippen MR) is 387 cm³/mol. The zero-order valence-corrected chi connectivity index (χ0v) is 60.6. The summed E-state index contributed by atoms with van der Waals surface area (Å²) in [4.78, 5) is 177. The zero-order chi connectivity index (χ0) is 76.3. The molecule has 32 nitrogen and oxygen atoms in total. The molecular formula is C71H112N18O14. The number of unbranched alkanes of at least 4 members (excludes halogenated alkanes) is 3. The van der Waals surface area contributed by atoms with E-state index in [0.717, 1.165) is 16.5 Å². The number of imidazole rings is 1. The molecule has 4 aromatic rings.